The summed E-state index contributed by atoms with van der Waals surface area (Å²) in [6, 6.07) is 0.858. The normalized spacial score (nSPS) is 18.8. The Morgan fingerprint density at radius 2 is 1.92 bits per heavy atom. The molecule has 0 bridgehead atoms. The monoisotopic (exact) mass is 169 g/mol. The van der Waals surface area contributed by atoms with Gasteiger partial charge in [-0.1, -0.05) is 27.7 Å². The van der Waals surface area contributed by atoms with Gasteiger partial charge in [-0.05, 0) is 30.6 Å². The molecule has 0 amide bonds. The molecule has 0 spiro atoms. The van der Waals surface area contributed by atoms with E-state index in [1.165, 1.54) is 25.8 Å². The summed E-state index contributed by atoms with van der Waals surface area (Å²) < 4.78 is 0. The van der Waals surface area contributed by atoms with E-state index < -0.39 is 0 Å². The Morgan fingerprint density at radius 1 is 1.33 bits per heavy atom. The minimum absolute atomic E-state index is 0.483. The maximum atomic E-state index is 3.60. The standard InChI is InChI=1S/C11H23N/c1-9(2)7-11(3,4)8-12-10-5-6-10/h9-10,12H,5-8H2,1-4H3. The zero-order valence-electron chi connectivity index (χ0n) is 8.98. The third-order valence-corrected chi connectivity index (χ3v) is 2.41. The molecule has 0 aromatic rings. The Balaban J connectivity index is 2.16. The number of rotatable bonds is 5. The molecule has 1 fully saturated rings. The lowest BCUT2D eigenvalue weighted by molar-refractivity contribution is 0.272. The van der Waals surface area contributed by atoms with Gasteiger partial charge < -0.3 is 5.32 Å². The van der Waals surface area contributed by atoms with Crippen molar-refractivity contribution in [2.24, 2.45) is 11.3 Å². The molecular weight excluding hydrogens is 146 g/mol. The van der Waals surface area contributed by atoms with E-state index in [4.69, 9.17) is 0 Å². The lowest BCUT2D eigenvalue weighted by Gasteiger charge is -2.27. The van der Waals surface area contributed by atoms with Crippen LogP contribution in [-0.4, -0.2) is 12.6 Å². The third-order valence-electron chi connectivity index (χ3n) is 2.41. The van der Waals surface area contributed by atoms with Crippen LogP contribution in [0.25, 0.3) is 0 Å². The summed E-state index contributed by atoms with van der Waals surface area (Å²) in [5.74, 6) is 0.820. The minimum atomic E-state index is 0.483. The molecule has 72 valence electrons. The van der Waals surface area contributed by atoms with Crippen molar-refractivity contribution in [3.8, 4) is 0 Å². The van der Waals surface area contributed by atoms with E-state index >= 15 is 0 Å². The van der Waals surface area contributed by atoms with Crippen LogP contribution in [0.15, 0.2) is 0 Å². The first kappa shape index (κ1) is 10.0. The van der Waals surface area contributed by atoms with Gasteiger partial charge >= 0.3 is 0 Å². The lowest BCUT2D eigenvalue weighted by atomic mass is 9.84. The zero-order chi connectivity index (χ0) is 9.19. The highest BCUT2D eigenvalue weighted by atomic mass is 15.0. The second kappa shape index (κ2) is 3.78. The molecule has 1 aliphatic carbocycles. The summed E-state index contributed by atoms with van der Waals surface area (Å²) in [5.41, 5.74) is 0.483. The van der Waals surface area contributed by atoms with Gasteiger partial charge in [-0.15, -0.1) is 0 Å². The van der Waals surface area contributed by atoms with Gasteiger partial charge in [-0.25, -0.2) is 0 Å². The average Bonchev–Trinajstić information content (AvgIpc) is 2.62. The van der Waals surface area contributed by atoms with Crippen LogP contribution >= 0.6 is 0 Å². The summed E-state index contributed by atoms with van der Waals surface area (Å²) in [5, 5.41) is 3.60. The van der Waals surface area contributed by atoms with Crippen molar-refractivity contribution in [1.82, 2.24) is 5.32 Å². The molecule has 12 heavy (non-hydrogen) atoms. The SMILES string of the molecule is CC(C)CC(C)(C)CNC1CC1. The molecule has 1 aliphatic rings. The van der Waals surface area contributed by atoms with Crippen molar-refractivity contribution in [3.63, 3.8) is 0 Å². The van der Waals surface area contributed by atoms with Gasteiger partial charge in [0.1, 0.15) is 0 Å². The van der Waals surface area contributed by atoms with Crippen LogP contribution in [0.2, 0.25) is 0 Å². The minimum Gasteiger partial charge on any atom is -0.313 e. The van der Waals surface area contributed by atoms with Gasteiger partial charge in [-0.3, -0.25) is 0 Å². The van der Waals surface area contributed by atoms with E-state index in [0.717, 1.165) is 12.0 Å². The predicted octanol–water partition coefficient (Wildman–Crippen LogP) is 2.81. The largest absolute Gasteiger partial charge is 0.313 e. The Labute approximate surface area is 76.9 Å². The van der Waals surface area contributed by atoms with E-state index in [9.17, 15) is 0 Å². The highest BCUT2D eigenvalue weighted by Gasteiger charge is 2.25. The molecule has 0 aromatic heterocycles. The predicted molar refractivity (Wildman–Crippen MR) is 54.3 cm³/mol. The summed E-state index contributed by atoms with van der Waals surface area (Å²) in [6.45, 7) is 10.5. The van der Waals surface area contributed by atoms with Crippen molar-refractivity contribution < 1.29 is 0 Å². The molecular formula is C11H23N. The van der Waals surface area contributed by atoms with Gasteiger partial charge in [0.15, 0.2) is 0 Å². The lowest BCUT2D eigenvalue weighted by Crippen LogP contribution is -2.31. The Hall–Kier alpha value is -0.0400. The highest BCUT2D eigenvalue weighted by Crippen LogP contribution is 2.26. The van der Waals surface area contributed by atoms with E-state index in [-0.39, 0.29) is 0 Å². The number of hydrogen-bond acceptors (Lipinski definition) is 1. The molecule has 0 unspecified atom stereocenters. The molecule has 0 radical (unpaired) electrons. The van der Waals surface area contributed by atoms with Gasteiger partial charge in [0.05, 0.1) is 0 Å². The molecule has 1 nitrogen and oxygen atoms in total. The topological polar surface area (TPSA) is 12.0 Å². The van der Waals surface area contributed by atoms with Gasteiger partial charge in [0, 0.05) is 12.6 Å². The third kappa shape index (κ3) is 4.10. The molecule has 1 heteroatoms. The Kier molecular flexibility index (Phi) is 3.16. The average molecular weight is 169 g/mol. The second-order valence-electron chi connectivity index (χ2n) is 5.42. The fourth-order valence-electron chi connectivity index (χ4n) is 1.89. The summed E-state index contributed by atoms with van der Waals surface area (Å²) in [7, 11) is 0. The smallest absolute Gasteiger partial charge is 0.00684 e. The quantitative estimate of drug-likeness (QED) is 0.667. The van der Waals surface area contributed by atoms with Crippen molar-refractivity contribution in [3.05, 3.63) is 0 Å². The maximum absolute atomic E-state index is 3.60. The van der Waals surface area contributed by atoms with Crippen molar-refractivity contribution >= 4 is 0 Å². The van der Waals surface area contributed by atoms with E-state index in [0.29, 0.717) is 5.41 Å². The van der Waals surface area contributed by atoms with Crippen LogP contribution in [0, 0.1) is 11.3 Å². The fraction of sp³-hybridized carbons (Fsp3) is 1.00. The van der Waals surface area contributed by atoms with Crippen LogP contribution < -0.4 is 5.32 Å². The summed E-state index contributed by atoms with van der Waals surface area (Å²) >= 11 is 0. The first-order valence-electron chi connectivity index (χ1n) is 5.23. The Morgan fingerprint density at radius 3 is 2.33 bits per heavy atom. The van der Waals surface area contributed by atoms with Crippen LogP contribution in [0.3, 0.4) is 0 Å². The van der Waals surface area contributed by atoms with Gasteiger partial charge in [0.2, 0.25) is 0 Å². The van der Waals surface area contributed by atoms with Crippen LogP contribution in [0.1, 0.15) is 47.0 Å². The maximum Gasteiger partial charge on any atom is 0.00684 e. The van der Waals surface area contributed by atoms with Crippen LogP contribution in [0.5, 0.6) is 0 Å². The number of nitrogens with one attached hydrogen (secondary N) is 1. The first-order valence-corrected chi connectivity index (χ1v) is 5.23. The van der Waals surface area contributed by atoms with E-state index in [1.807, 2.05) is 0 Å². The summed E-state index contributed by atoms with van der Waals surface area (Å²) in [4.78, 5) is 0. The Bertz CT molecular complexity index is 134. The first-order chi connectivity index (χ1) is 5.49. The van der Waals surface area contributed by atoms with Crippen LogP contribution in [0.4, 0.5) is 0 Å². The number of hydrogen-bond donors (Lipinski definition) is 1. The molecule has 0 aliphatic heterocycles. The van der Waals surface area contributed by atoms with Crippen LogP contribution in [-0.2, 0) is 0 Å². The van der Waals surface area contributed by atoms with Gasteiger partial charge in [0.25, 0.3) is 0 Å². The van der Waals surface area contributed by atoms with E-state index in [1.54, 1.807) is 0 Å². The molecule has 0 saturated heterocycles. The second-order valence-corrected chi connectivity index (χ2v) is 5.42. The zero-order valence-corrected chi connectivity index (χ0v) is 8.98. The highest BCUT2D eigenvalue weighted by molar-refractivity contribution is 4.84. The van der Waals surface area contributed by atoms with Gasteiger partial charge in [-0.2, -0.15) is 0 Å². The summed E-state index contributed by atoms with van der Waals surface area (Å²) in [6.07, 6.45) is 4.13. The molecule has 0 heterocycles. The molecule has 0 aromatic carbocycles. The van der Waals surface area contributed by atoms with E-state index in [2.05, 4.69) is 33.0 Å². The molecule has 0 atom stereocenters. The van der Waals surface area contributed by atoms with Crippen molar-refractivity contribution in [2.45, 2.75) is 53.0 Å². The molecule has 1 N–H and O–H groups in total. The van der Waals surface area contributed by atoms with Crippen molar-refractivity contribution in [2.75, 3.05) is 6.54 Å². The molecule has 1 rings (SSSR count). The van der Waals surface area contributed by atoms with Crippen molar-refractivity contribution in [1.29, 1.82) is 0 Å². The fourth-order valence-corrected chi connectivity index (χ4v) is 1.89. The molecule has 1 saturated carbocycles.